The van der Waals surface area contributed by atoms with E-state index in [0.29, 0.717) is 6.04 Å². The van der Waals surface area contributed by atoms with Crippen LogP contribution in [0.3, 0.4) is 0 Å². The van der Waals surface area contributed by atoms with E-state index in [1.165, 1.54) is 27.7 Å². The normalized spacial score (nSPS) is 17.8. The van der Waals surface area contributed by atoms with E-state index >= 15 is 0 Å². The zero-order chi connectivity index (χ0) is 16.7. The van der Waals surface area contributed by atoms with Crippen LogP contribution in [0, 0.1) is 0 Å². The maximum Gasteiger partial charge on any atom is 0.119 e. The maximum absolute atomic E-state index is 5.37. The monoisotopic (exact) mass is 318 g/mol. The fourth-order valence-electron chi connectivity index (χ4n) is 3.67. The van der Waals surface area contributed by atoms with Gasteiger partial charge >= 0.3 is 0 Å². The van der Waals surface area contributed by atoms with Gasteiger partial charge in [0.2, 0.25) is 0 Å². The largest absolute Gasteiger partial charge is 0.497 e. The average Bonchev–Trinajstić information content (AvgIpc) is 3.01. The van der Waals surface area contributed by atoms with Gasteiger partial charge in [0.15, 0.2) is 0 Å². The number of benzene rings is 2. The number of methoxy groups -OCH3 is 1. The Labute approximate surface area is 142 Å². The molecule has 122 valence electrons. The second-order valence-corrected chi connectivity index (χ2v) is 6.39. The molecule has 0 saturated heterocycles. The molecule has 24 heavy (non-hydrogen) atoms. The summed E-state index contributed by atoms with van der Waals surface area (Å²) in [4.78, 5) is 6.00. The number of aromatic amines is 1. The predicted octanol–water partition coefficient (Wildman–Crippen LogP) is 5.29. The molecule has 1 N–H and O–H groups in total. The topological polar surface area (TPSA) is 28.3 Å². The lowest BCUT2D eigenvalue weighted by atomic mass is 9.99. The molecule has 0 aliphatic carbocycles. The number of hydrogen-bond acceptors (Lipinski definition) is 2. The van der Waals surface area contributed by atoms with Crippen molar-refractivity contribution in [3.05, 3.63) is 71.6 Å². The minimum absolute atomic E-state index is 0.269. The molecule has 1 unspecified atom stereocenters. The van der Waals surface area contributed by atoms with Crippen LogP contribution in [-0.4, -0.2) is 17.0 Å². The first-order valence-electron chi connectivity index (χ1n) is 8.39. The average molecular weight is 318 g/mol. The van der Waals surface area contributed by atoms with E-state index in [9.17, 15) is 0 Å². The first kappa shape index (κ1) is 14.9. The highest BCUT2D eigenvalue weighted by Gasteiger charge is 2.26. The maximum atomic E-state index is 5.37. The van der Waals surface area contributed by atoms with Crippen molar-refractivity contribution in [2.75, 3.05) is 7.11 Å². The number of nitrogens with one attached hydrogen (secondary N) is 1. The molecule has 0 bridgehead atoms. The summed E-state index contributed by atoms with van der Waals surface area (Å²) in [6.45, 7) is 4.50. The Morgan fingerprint density at radius 3 is 2.79 bits per heavy atom. The van der Waals surface area contributed by atoms with Crippen LogP contribution < -0.4 is 4.74 Å². The van der Waals surface area contributed by atoms with E-state index in [-0.39, 0.29) is 6.04 Å². The van der Waals surface area contributed by atoms with Crippen molar-refractivity contribution in [1.82, 2.24) is 9.88 Å². The number of ether oxygens (including phenoxy) is 1. The molecule has 0 radical (unpaired) electrons. The highest BCUT2D eigenvalue weighted by molar-refractivity contribution is 5.91. The highest BCUT2D eigenvalue weighted by atomic mass is 16.5. The third-order valence-corrected chi connectivity index (χ3v) is 5.08. The number of nitrogens with zero attached hydrogens (tertiary/aromatic N) is 1. The summed E-state index contributed by atoms with van der Waals surface area (Å²) in [6.07, 6.45) is 4.45. The highest BCUT2D eigenvalue weighted by Crippen LogP contribution is 2.39. The van der Waals surface area contributed by atoms with Crippen LogP contribution in [0.15, 0.2) is 54.7 Å². The van der Waals surface area contributed by atoms with Crippen molar-refractivity contribution in [2.45, 2.75) is 25.9 Å². The number of rotatable bonds is 3. The summed E-state index contributed by atoms with van der Waals surface area (Å²) in [5.41, 5.74) is 5.06. The first-order valence-corrected chi connectivity index (χ1v) is 8.39. The third kappa shape index (κ3) is 2.28. The van der Waals surface area contributed by atoms with Crippen LogP contribution in [0.1, 0.15) is 42.8 Å². The fourth-order valence-corrected chi connectivity index (χ4v) is 3.67. The molecule has 1 aromatic heterocycles. The SMILES string of the molecule is COc1cccc(C(C)N2C=Cc3c([nH]c4ccccc34)[C@H]2C)c1. The summed E-state index contributed by atoms with van der Waals surface area (Å²) in [7, 11) is 1.71. The Kier molecular flexibility index (Phi) is 3.57. The lowest BCUT2D eigenvalue weighted by Gasteiger charge is -2.36. The van der Waals surface area contributed by atoms with Crippen molar-refractivity contribution in [3.8, 4) is 5.75 Å². The van der Waals surface area contributed by atoms with E-state index in [0.717, 1.165) is 5.75 Å². The standard InChI is InChI=1S/C21H22N2O/c1-14(16-7-6-8-17(13-16)24-3)23-12-11-19-18-9-4-5-10-20(18)22-21(19)15(23)2/h4-15,22H,1-3H3/t14?,15-/m1/s1. The van der Waals surface area contributed by atoms with Gasteiger partial charge in [0.1, 0.15) is 5.75 Å². The molecule has 4 rings (SSSR count). The third-order valence-electron chi connectivity index (χ3n) is 5.08. The molecule has 3 nitrogen and oxygen atoms in total. The Hall–Kier alpha value is -2.68. The minimum Gasteiger partial charge on any atom is -0.497 e. The summed E-state index contributed by atoms with van der Waals surface area (Å²) in [5, 5.41) is 1.30. The predicted molar refractivity (Wildman–Crippen MR) is 99.0 cm³/mol. The lowest BCUT2D eigenvalue weighted by Crippen LogP contribution is -2.27. The van der Waals surface area contributed by atoms with Crippen LogP contribution in [0.4, 0.5) is 0 Å². The van der Waals surface area contributed by atoms with E-state index in [4.69, 9.17) is 4.74 Å². The van der Waals surface area contributed by atoms with Gasteiger partial charge in [-0.3, -0.25) is 0 Å². The lowest BCUT2D eigenvalue weighted by molar-refractivity contribution is 0.227. The Bertz CT molecular complexity index is 909. The number of aromatic nitrogens is 1. The molecular weight excluding hydrogens is 296 g/mol. The molecule has 0 saturated carbocycles. The quantitative estimate of drug-likeness (QED) is 0.711. The fraction of sp³-hybridized carbons (Fsp3) is 0.238. The van der Waals surface area contributed by atoms with Crippen LogP contribution in [0.25, 0.3) is 17.0 Å². The molecule has 2 aromatic carbocycles. The molecule has 1 aliphatic rings. The number of para-hydroxylation sites is 1. The Morgan fingerprint density at radius 1 is 1.12 bits per heavy atom. The van der Waals surface area contributed by atoms with Gasteiger partial charge in [-0.05, 0) is 43.7 Å². The molecule has 2 atom stereocenters. The van der Waals surface area contributed by atoms with E-state index in [1.54, 1.807) is 7.11 Å². The van der Waals surface area contributed by atoms with Gasteiger partial charge in [-0.2, -0.15) is 0 Å². The molecule has 0 amide bonds. The zero-order valence-corrected chi connectivity index (χ0v) is 14.3. The second kappa shape index (κ2) is 5.75. The Balaban J connectivity index is 1.71. The summed E-state index contributed by atoms with van der Waals surface area (Å²) in [5.74, 6) is 0.902. The Morgan fingerprint density at radius 2 is 1.96 bits per heavy atom. The first-order chi connectivity index (χ1) is 11.7. The van der Waals surface area contributed by atoms with Crippen molar-refractivity contribution >= 4 is 17.0 Å². The van der Waals surface area contributed by atoms with Gasteiger partial charge in [-0.15, -0.1) is 0 Å². The van der Waals surface area contributed by atoms with E-state index in [2.05, 4.69) is 78.5 Å². The van der Waals surface area contributed by atoms with Gasteiger partial charge in [-0.1, -0.05) is 30.3 Å². The van der Waals surface area contributed by atoms with Gasteiger partial charge in [0.05, 0.1) is 19.2 Å². The minimum atomic E-state index is 0.269. The van der Waals surface area contributed by atoms with Gasteiger partial charge in [0, 0.05) is 28.4 Å². The van der Waals surface area contributed by atoms with Crippen molar-refractivity contribution in [1.29, 1.82) is 0 Å². The number of fused-ring (bicyclic) bond motifs is 3. The summed E-state index contributed by atoms with van der Waals surface area (Å²) < 4.78 is 5.37. The summed E-state index contributed by atoms with van der Waals surface area (Å²) in [6, 6.07) is 17.4. The molecular formula is C21H22N2O. The number of H-pyrrole nitrogens is 1. The van der Waals surface area contributed by atoms with Crippen molar-refractivity contribution in [3.63, 3.8) is 0 Å². The summed E-state index contributed by atoms with van der Waals surface area (Å²) >= 11 is 0. The van der Waals surface area contributed by atoms with Crippen LogP contribution in [0.5, 0.6) is 5.75 Å². The molecule has 0 fully saturated rings. The molecule has 2 heterocycles. The van der Waals surface area contributed by atoms with E-state index < -0.39 is 0 Å². The van der Waals surface area contributed by atoms with Gasteiger partial charge in [0.25, 0.3) is 0 Å². The smallest absolute Gasteiger partial charge is 0.119 e. The van der Waals surface area contributed by atoms with Crippen LogP contribution in [0.2, 0.25) is 0 Å². The number of hydrogen-bond donors (Lipinski definition) is 1. The second-order valence-electron chi connectivity index (χ2n) is 6.39. The van der Waals surface area contributed by atoms with Crippen LogP contribution >= 0.6 is 0 Å². The zero-order valence-electron chi connectivity index (χ0n) is 14.3. The molecule has 3 heteroatoms. The van der Waals surface area contributed by atoms with Crippen LogP contribution in [-0.2, 0) is 0 Å². The molecule has 3 aromatic rings. The van der Waals surface area contributed by atoms with Gasteiger partial charge < -0.3 is 14.6 Å². The molecule has 1 aliphatic heterocycles. The van der Waals surface area contributed by atoms with Crippen molar-refractivity contribution < 1.29 is 4.74 Å². The van der Waals surface area contributed by atoms with E-state index in [1.807, 2.05) is 6.07 Å². The molecule has 0 spiro atoms. The van der Waals surface area contributed by atoms with Crippen molar-refractivity contribution in [2.24, 2.45) is 0 Å². The van der Waals surface area contributed by atoms with Gasteiger partial charge in [-0.25, -0.2) is 0 Å².